The van der Waals surface area contributed by atoms with Crippen molar-refractivity contribution in [1.82, 2.24) is 0 Å². The van der Waals surface area contributed by atoms with Gasteiger partial charge in [0.25, 0.3) is 0 Å². The van der Waals surface area contributed by atoms with Crippen LogP contribution in [0.4, 0.5) is 0 Å². The Morgan fingerprint density at radius 3 is 1.73 bits per heavy atom. The van der Waals surface area contributed by atoms with Crippen molar-refractivity contribution in [2.45, 2.75) is 23.3 Å². The summed E-state index contributed by atoms with van der Waals surface area (Å²) in [5.74, 6) is 0. The first kappa shape index (κ1) is 11.3. The summed E-state index contributed by atoms with van der Waals surface area (Å²) in [5.41, 5.74) is 0. The van der Waals surface area contributed by atoms with Crippen LogP contribution in [-0.4, -0.2) is 55.5 Å². The zero-order chi connectivity index (χ0) is 9.02. The van der Waals surface area contributed by atoms with E-state index in [0.29, 0.717) is 0 Å². The lowest BCUT2D eigenvalue weighted by Crippen LogP contribution is -2.43. The summed E-state index contributed by atoms with van der Waals surface area (Å²) < 4.78 is 0. The highest BCUT2D eigenvalue weighted by Gasteiger charge is 2.28. The molecule has 0 saturated heterocycles. The molecule has 0 amide bonds. The van der Waals surface area contributed by atoms with Crippen LogP contribution in [0.2, 0.25) is 0 Å². The molecule has 0 fully saturated rings. The molecule has 5 nitrogen and oxygen atoms in total. The van der Waals surface area contributed by atoms with Crippen LogP contribution in [0, 0.1) is 0 Å². The molecular weight excluding hydrogens is 220 g/mol. The van der Waals surface area contributed by atoms with Gasteiger partial charge in [0, 0.05) is 0 Å². The van der Waals surface area contributed by atoms with E-state index in [1.54, 1.807) is 0 Å². The summed E-state index contributed by atoms with van der Waals surface area (Å²) in [6.45, 7) is -0.669. The van der Waals surface area contributed by atoms with Crippen LogP contribution in [0.25, 0.3) is 0 Å². The fourth-order valence-electron chi connectivity index (χ4n) is 0.498. The van der Waals surface area contributed by atoms with Gasteiger partial charge < -0.3 is 25.5 Å². The van der Waals surface area contributed by atoms with E-state index in [4.69, 9.17) is 25.5 Å². The molecule has 5 N–H and O–H groups in total. The molecule has 0 heterocycles. The molecule has 0 radical (unpaired) electrons. The van der Waals surface area contributed by atoms with E-state index in [0.717, 1.165) is 0 Å². The number of alkyl halides is 1. The Labute approximate surface area is 72.0 Å². The maximum atomic E-state index is 8.91. The average molecular weight is 231 g/mol. The van der Waals surface area contributed by atoms with Gasteiger partial charge >= 0.3 is 0 Å². The van der Waals surface area contributed by atoms with Gasteiger partial charge in [0.2, 0.25) is 0 Å². The van der Waals surface area contributed by atoms with E-state index >= 15 is 0 Å². The number of aliphatic hydroxyl groups excluding tert-OH is 5. The second kappa shape index (κ2) is 5.02. The highest BCUT2D eigenvalue weighted by atomic mass is 79.9. The van der Waals surface area contributed by atoms with Gasteiger partial charge in [-0.15, -0.1) is 0 Å². The lowest BCUT2D eigenvalue weighted by molar-refractivity contribution is -0.0954. The van der Waals surface area contributed by atoms with Crippen molar-refractivity contribution < 1.29 is 25.5 Å². The van der Waals surface area contributed by atoms with Gasteiger partial charge in [0.1, 0.15) is 23.3 Å². The Bertz CT molecular complexity index is 109. The van der Waals surface area contributed by atoms with Crippen LogP contribution in [0.3, 0.4) is 0 Å². The number of halogens is 1. The average Bonchev–Trinajstić information content (AvgIpc) is 2.00. The predicted octanol–water partition coefficient (Wildman–Crippen LogP) is -2.23. The van der Waals surface area contributed by atoms with Gasteiger partial charge in [-0.2, -0.15) is 0 Å². The third-order valence-electron chi connectivity index (χ3n) is 1.21. The maximum absolute atomic E-state index is 8.91. The quantitative estimate of drug-likeness (QED) is 0.353. The van der Waals surface area contributed by atoms with Gasteiger partial charge in [-0.05, 0) is 0 Å². The van der Waals surface area contributed by atoms with Crippen molar-refractivity contribution in [3.8, 4) is 0 Å². The Morgan fingerprint density at radius 2 is 1.45 bits per heavy atom. The van der Waals surface area contributed by atoms with Crippen molar-refractivity contribution in [1.29, 1.82) is 0 Å². The minimum absolute atomic E-state index is 0.669. The first-order chi connectivity index (χ1) is 5.00. The molecule has 0 saturated carbocycles. The molecule has 6 heteroatoms. The highest BCUT2D eigenvalue weighted by Crippen LogP contribution is 2.08. The van der Waals surface area contributed by atoms with Crippen LogP contribution in [0.15, 0.2) is 0 Å². The summed E-state index contributed by atoms with van der Waals surface area (Å²) in [4.78, 5) is 0. The Kier molecular flexibility index (Phi) is 5.15. The van der Waals surface area contributed by atoms with Crippen LogP contribution < -0.4 is 0 Å². The fourth-order valence-corrected chi connectivity index (χ4v) is 0.811. The Morgan fingerprint density at radius 1 is 1.00 bits per heavy atom. The minimum Gasteiger partial charge on any atom is -0.394 e. The summed E-state index contributed by atoms with van der Waals surface area (Å²) in [7, 11) is 0. The normalized spacial score (nSPS) is 22.4. The molecular formula is C5H11BrO5. The number of hydrogen-bond acceptors (Lipinski definition) is 5. The van der Waals surface area contributed by atoms with Crippen molar-refractivity contribution in [3.63, 3.8) is 0 Å². The molecule has 0 bridgehead atoms. The highest BCUT2D eigenvalue weighted by molar-refractivity contribution is 9.09. The molecule has 11 heavy (non-hydrogen) atoms. The molecule has 1 unspecified atom stereocenters. The van der Waals surface area contributed by atoms with E-state index in [-0.39, 0.29) is 0 Å². The lowest BCUT2D eigenvalue weighted by Gasteiger charge is -2.22. The first-order valence-corrected chi connectivity index (χ1v) is 3.89. The van der Waals surface area contributed by atoms with Crippen molar-refractivity contribution in [3.05, 3.63) is 0 Å². The van der Waals surface area contributed by atoms with Crippen molar-refractivity contribution >= 4 is 15.9 Å². The second-order valence-electron chi connectivity index (χ2n) is 2.10. The monoisotopic (exact) mass is 230 g/mol. The van der Waals surface area contributed by atoms with E-state index in [2.05, 4.69) is 15.9 Å². The van der Waals surface area contributed by atoms with Crippen LogP contribution in [-0.2, 0) is 0 Å². The summed E-state index contributed by atoms with van der Waals surface area (Å²) in [6.07, 6.45) is -4.52. The molecule has 4 atom stereocenters. The maximum Gasteiger partial charge on any atom is 0.137 e. The third kappa shape index (κ3) is 3.46. The van der Waals surface area contributed by atoms with Gasteiger partial charge in [-0.25, -0.2) is 0 Å². The Balaban J connectivity index is 3.90. The Hall–Kier alpha value is 0.280. The van der Waals surface area contributed by atoms with Crippen LogP contribution in [0.5, 0.6) is 0 Å². The molecule has 0 aromatic rings. The number of rotatable bonds is 4. The smallest absolute Gasteiger partial charge is 0.137 e. The molecule has 0 aliphatic rings. The summed E-state index contributed by atoms with van der Waals surface area (Å²) >= 11 is 2.59. The van der Waals surface area contributed by atoms with E-state index in [1.807, 2.05) is 0 Å². The van der Waals surface area contributed by atoms with Crippen molar-refractivity contribution in [2.24, 2.45) is 0 Å². The molecule has 0 spiro atoms. The standard InChI is InChI=1S/C5H11BrO5/c6-5(11)4(10)3(9)2(8)1-7/h2-5,7-11H,1H2/t2-,3+,4-,5?/m1/s1. The molecule has 0 rings (SSSR count). The largest absolute Gasteiger partial charge is 0.394 e. The predicted molar refractivity (Wildman–Crippen MR) is 40.0 cm³/mol. The van der Waals surface area contributed by atoms with E-state index < -0.39 is 29.9 Å². The van der Waals surface area contributed by atoms with E-state index in [9.17, 15) is 0 Å². The van der Waals surface area contributed by atoms with E-state index in [1.165, 1.54) is 0 Å². The van der Waals surface area contributed by atoms with Gasteiger partial charge in [-0.1, -0.05) is 15.9 Å². The van der Waals surface area contributed by atoms with Crippen molar-refractivity contribution in [2.75, 3.05) is 6.61 Å². The second-order valence-corrected chi connectivity index (χ2v) is 3.04. The van der Waals surface area contributed by atoms with Gasteiger partial charge in [-0.3, -0.25) is 0 Å². The SMILES string of the molecule is OC[C@@H](O)[C@H](O)[C@@H](O)C(O)Br. The van der Waals surface area contributed by atoms with Crippen LogP contribution >= 0.6 is 15.9 Å². The number of aliphatic hydroxyl groups is 5. The molecule has 0 aromatic heterocycles. The first-order valence-electron chi connectivity index (χ1n) is 2.98. The lowest BCUT2D eigenvalue weighted by atomic mass is 10.1. The molecule has 0 aliphatic heterocycles. The zero-order valence-electron chi connectivity index (χ0n) is 5.63. The minimum atomic E-state index is -1.56. The summed E-state index contributed by atoms with van der Waals surface area (Å²) in [6, 6.07) is 0. The molecule has 0 aliphatic carbocycles. The molecule has 0 aromatic carbocycles. The number of hydrogen-bond donors (Lipinski definition) is 5. The zero-order valence-corrected chi connectivity index (χ0v) is 7.22. The summed E-state index contributed by atoms with van der Waals surface area (Å²) in [5, 5.41) is 42.2. The third-order valence-corrected chi connectivity index (χ3v) is 1.75. The molecule has 68 valence electrons. The fraction of sp³-hybridized carbons (Fsp3) is 1.00. The van der Waals surface area contributed by atoms with Gasteiger partial charge in [0.15, 0.2) is 0 Å². The van der Waals surface area contributed by atoms with Gasteiger partial charge in [0.05, 0.1) is 6.61 Å². The topological polar surface area (TPSA) is 101 Å². The van der Waals surface area contributed by atoms with Crippen LogP contribution in [0.1, 0.15) is 0 Å².